The molecule has 11 heteroatoms. The molecule has 1 atom stereocenters. The summed E-state index contributed by atoms with van der Waals surface area (Å²) < 4.78 is 33.9. The molecule has 1 aliphatic rings. The zero-order chi connectivity index (χ0) is 28.5. The predicted molar refractivity (Wildman–Crippen MR) is 157 cm³/mol. The van der Waals surface area contributed by atoms with Crippen molar-refractivity contribution in [2.75, 3.05) is 23.8 Å². The second-order valence-corrected chi connectivity index (χ2v) is 12.8. The molecular weight excluding hydrogens is 516 g/mol. The van der Waals surface area contributed by atoms with Crippen LogP contribution < -0.4 is 20.1 Å². The molecule has 10 nitrogen and oxygen atoms in total. The lowest BCUT2D eigenvalue weighted by Crippen LogP contribution is -2.41. The van der Waals surface area contributed by atoms with Gasteiger partial charge in [-0.3, -0.25) is 4.79 Å². The standard InChI is InChI=1S/C28H36N6O4S.3H2/c1-17(2)16-38-24-13-20(12-19(4)30-24)22-11-10-21(26(31-22)34-15-18(3)14-28(34,5)6)27(35)33-39(36,37)25-9-7-8-23(29)32-25;;;/h7-13,17-18H,14-16H2,1-6H3,(H2,29,32)(H,33,35);3*1H/t18-;;;/m0.../s1. The van der Waals surface area contributed by atoms with E-state index in [1.54, 1.807) is 12.1 Å². The van der Waals surface area contributed by atoms with E-state index in [0.29, 0.717) is 42.4 Å². The predicted octanol–water partition coefficient (Wildman–Crippen LogP) is 4.95. The van der Waals surface area contributed by atoms with Gasteiger partial charge in [0.25, 0.3) is 15.9 Å². The van der Waals surface area contributed by atoms with Crippen molar-refractivity contribution < 1.29 is 22.2 Å². The first-order valence-corrected chi connectivity index (χ1v) is 14.4. The average molecular weight is 559 g/mol. The number of nitrogens with one attached hydrogen (secondary N) is 1. The Kier molecular flexibility index (Phi) is 7.83. The van der Waals surface area contributed by atoms with Gasteiger partial charge in [-0.25, -0.2) is 19.7 Å². The topological polar surface area (TPSA) is 140 Å². The van der Waals surface area contributed by atoms with Gasteiger partial charge in [0.15, 0.2) is 5.03 Å². The smallest absolute Gasteiger partial charge is 0.281 e. The second kappa shape index (κ2) is 10.8. The van der Waals surface area contributed by atoms with Gasteiger partial charge in [0.2, 0.25) is 5.88 Å². The van der Waals surface area contributed by atoms with Crippen molar-refractivity contribution in [2.45, 2.75) is 58.5 Å². The summed E-state index contributed by atoms with van der Waals surface area (Å²) in [4.78, 5) is 28.8. The Labute approximate surface area is 234 Å². The summed E-state index contributed by atoms with van der Waals surface area (Å²) in [5.41, 5.74) is 7.69. The number of aryl methyl sites for hydroxylation is 1. The number of hydrogen-bond acceptors (Lipinski definition) is 9. The first kappa shape index (κ1) is 28.3. The van der Waals surface area contributed by atoms with Crippen LogP contribution >= 0.6 is 0 Å². The lowest BCUT2D eigenvalue weighted by molar-refractivity contribution is 0.0981. The van der Waals surface area contributed by atoms with E-state index in [9.17, 15) is 13.2 Å². The highest BCUT2D eigenvalue weighted by Crippen LogP contribution is 2.38. The third-order valence-electron chi connectivity index (χ3n) is 6.49. The number of amides is 1. The van der Waals surface area contributed by atoms with Crippen LogP contribution in [0.25, 0.3) is 11.3 Å². The van der Waals surface area contributed by atoms with Gasteiger partial charge in [-0.05, 0) is 69.4 Å². The minimum absolute atomic E-state index is 0. The molecule has 0 spiro atoms. The normalized spacial score (nSPS) is 16.9. The molecule has 1 saturated heterocycles. The maximum atomic E-state index is 13.4. The Morgan fingerprint density at radius 1 is 1.21 bits per heavy atom. The number of carbonyl (C=O) groups excluding carboxylic acids is 1. The molecule has 3 N–H and O–H groups in total. The van der Waals surface area contributed by atoms with Crippen LogP contribution in [0.2, 0.25) is 0 Å². The van der Waals surface area contributed by atoms with E-state index in [2.05, 4.69) is 54.2 Å². The van der Waals surface area contributed by atoms with E-state index < -0.39 is 15.9 Å². The van der Waals surface area contributed by atoms with Crippen molar-refractivity contribution in [3.8, 4) is 17.1 Å². The number of anilines is 2. The van der Waals surface area contributed by atoms with Crippen molar-refractivity contribution in [1.29, 1.82) is 0 Å². The molecule has 0 aromatic carbocycles. The van der Waals surface area contributed by atoms with Crippen LogP contribution in [-0.2, 0) is 10.0 Å². The zero-order valence-electron chi connectivity index (χ0n) is 23.2. The summed E-state index contributed by atoms with van der Waals surface area (Å²) in [6, 6.07) is 11.3. The minimum Gasteiger partial charge on any atom is -0.477 e. The maximum Gasteiger partial charge on any atom is 0.281 e. The van der Waals surface area contributed by atoms with Gasteiger partial charge in [-0.15, -0.1) is 0 Å². The molecule has 0 radical (unpaired) electrons. The van der Waals surface area contributed by atoms with Crippen LogP contribution in [0.4, 0.5) is 11.6 Å². The zero-order valence-corrected chi connectivity index (χ0v) is 24.0. The van der Waals surface area contributed by atoms with Crippen molar-refractivity contribution >= 4 is 27.6 Å². The number of nitrogens with two attached hydrogens (primary N) is 1. The Morgan fingerprint density at radius 2 is 1.95 bits per heavy atom. The number of hydrogen-bond donors (Lipinski definition) is 2. The molecule has 0 unspecified atom stereocenters. The van der Waals surface area contributed by atoms with Crippen LogP contribution in [0, 0.1) is 18.8 Å². The van der Waals surface area contributed by atoms with Gasteiger partial charge in [0.05, 0.1) is 17.9 Å². The van der Waals surface area contributed by atoms with Gasteiger partial charge in [0, 0.05) is 33.7 Å². The Bertz CT molecular complexity index is 1500. The number of carbonyl (C=O) groups is 1. The van der Waals surface area contributed by atoms with Gasteiger partial charge in [-0.1, -0.05) is 26.8 Å². The summed E-state index contributed by atoms with van der Waals surface area (Å²) in [5.74, 6) is 0.857. The summed E-state index contributed by atoms with van der Waals surface area (Å²) in [5, 5.41) is -0.335. The van der Waals surface area contributed by atoms with Crippen LogP contribution in [0.1, 0.15) is 61.4 Å². The molecule has 3 aromatic heterocycles. The van der Waals surface area contributed by atoms with E-state index in [-0.39, 0.29) is 26.2 Å². The van der Waals surface area contributed by atoms with Gasteiger partial charge in [-0.2, -0.15) is 8.42 Å². The van der Waals surface area contributed by atoms with E-state index in [1.807, 2.05) is 19.1 Å². The summed E-state index contributed by atoms with van der Waals surface area (Å²) in [6.07, 6.45) is 0.896. The van der Waals surface area contributed by atoms with E-state index >= 15 is 0 Å². The Morgan fingerprint density at radius 3 is 2.59 bits per heavy atom. The molecule has 214 valence electrons. The van der Waals surface area contributed by atoms with Crippen LogP contribution in [0.5, 0.6) is 5.88 Å². The average Bonchev–Trinajstić information content (AvgIpc) is 3.13. The van der Waals surface area contributed by atoms with Crippen molar-refractivity contribution in [2.24, 2.45) is 11.8 Å². The van der Waals surface area contributed by atoms with Gasteiger partial charge in [0.1, 0.15) is 11.6 Å². The molecule has 4 heterocycles. The molecule has 0 bridgehead atoms. The van der Waals surface area contributed by atoms with Crippen molar-refractivity contribution in [3.63, 3.8) is 0 Å². The number of rotatable bonds is 8. The minimum atomic E-state index is -4.26. The Hall–Kier alpha value is -3.73. The summed E-state index contributed by atoms with van der Waals surface area (Å²) >= 11 is 0. The van der Waals surface area contributed by atoms with Crippen LogP contribution in [-0.4, -0.2) is 48.0 Å². The molecule has 1 fully saturated rings. The second-order valence-electron chi connectivity index (χ2n) is 11.2. The van der Waals surface area contributed by atoms with Gasteiger partial charge >= 0.3 is 0 Å². The van der Waals surface area contributed by atoms with Crippen LogP contribution in [0.3, 0.4) is 0 Å². The third kappa shape index (κ3) is 6.47. The fourth-order valence-corrected chi connectivity index (χ4v) is 5.82. The molecule has 1 aliphatic heterocycles. The van der Waals surface area contributed by atoms with E-state index in [4.69, 9.17) is 15.5 Å². The number of ether oxygens (including phenoxy) is 1. The molecular formula is C28H42N6O4S. The lowest BCUT2D eigenvalue weighted by atomic mass is 9.97. The largest absolute Gasteiger partial charge is 0.477 e. The molecule has 39 heavy (non-hydrogen) atoms. The number of nitrogen functional groups attached to an aromatic ring is 1. The first-order chi connectivity index (χ1) is 18.2. The molecule has 0 saturated carbocycles. The molecule has 3 aromatic rings. The van der Waals surface area contributed by atoms with Crippen LogP contribution in [0.15, 0.2) is 47.5 Å². The lowest BCUT2D eigenvalue weighted by Gasteiger charge is -2.34. The van der Waals surface area contributed by atoms with Crippen molar-refractivity contribution in [1.82, 2.24) is 19.7 Å². The highest BCUT2D eigenvalue weighted by molar-refractivity contribution is 7.90. The monoisotopic (exact) mass is 558 g/mol. The van der Waals surface area contributed by atoms with Crippen molar-refractivity contribution in [3.05, 3.63) is 53.7 Å². The molecule has 4 rings (SSSR count). The SMILES string of the molecule is Cc1cc(-c2ccc(C(=O)NS(=O)(=O)c3cccc(N)n3)c(N3C[C@@H](C)CC3(C)C)n2)cc(OCC(C)C)n1.[HH].[HH].[HH]. The third-order valence-corrected chi connectivity index (χ3v) is 7.72. The Balaban J connectivity index is 0.00000294. The molecule has 1 amide bonds. The quantitative estimate of drug-likeness (QED) is 0.393. The highest BCUT2D eigenvalue weighted by Gasteiger charge is 2.39. The fourth-order valence-electron chi connectivity index (χ4n) is 4.87. The molecule has 0 aliphatic carbocycles. The number of sulfonamides is 1. The number of aromatic nitrogens is 3. The van der Waals surface area contributed by atoms with E-state index in [1.165, 1.54) is 18.2 Å². The first-order valence-electron chi connectivity index (χ1n) is 13.0. The summed E-state index contributed by atoms with van der Waals surface area (Å²) in [6.45, 7) is 13.5. The number of nitrogens with zero attached hydrogens (tertiary/aromatic N) is 4. The maximum absolute atomic E-state index is 13.4. The highest BCUT2D eigenvalue weighted by atomic mass is 32.2. The summed E-state index contributed by atoms with van der Waals surface area (Å²) in [7, 11) is -4.26. The fraction of sp³-hybridized carbons (Fsp3) is 0.429. The van der Waals surface area contributed by atoms with E-state index in [0.717, 1.165) is 17.7 Å². The number of pyridine rings is 3. The van der Waals surface area contributed by atoms with Gasteiger partial charge < -0.3 is 15.4 Å².